The molecule has 1 aromatic carbocycles. The first-order valence-corrected chi connectivity index (χ1v) is 7.60. The van der Waals surface area contributed by atoms with Crippen LogP contribution in [0.3, 0.4) is 0 Å². The quantitative estimate of drug-likeness (QED) is 0.475. The topological polar surface area (TPSA) is 80.5 Å². The molecule has 2 heterocycles. The van der Waals surface area contributed by atoms with E-state index in [4.69, 9.17) is 0 Å². The van der Waals surface area contributed by atoms with Gasteiger partial charge in [0, 0.05) is 24.6 Å². The molecule has 0 unspecified atom stereocenters. The first-order chi connectivity index (χ1) is 10.5. The average molecular weight is 302 g/mol. The van der Waals surface area contributed by atoms with Gasteiger partial charge in [-0.15, -0.1) is 0 Å². The molecule has 0 radical (unpaired) electrons. The van der Waals surface area contributed by atoms with Crippen LogP contribution in [0.5, 0.6) is 0 Å². The third kappa shape index (κ3) is 2.01. The van der Waals surface area contributed by atoms with Gasteiger partial charge < -0.3 is 0 Å². The minimum Gasteiger partial charge on any atom is -0.282 e. The van der Waals surface area contributed by atoms with Crippen molar-refractivity contribution in [1.29, 1.82) is 0 Å². The van der Waals surface area contributed by atoms with E-state index in [2.05, 4.69) is 0 Å². The normalized spacial score (nSPS) is 26.8. The lowest BCUT2D eigenvalue weighted by atomic mass is 9.55. The van der Waals surface area contributed by atoms with Gasteiger partial charge in [-0.2, -0.15) is 0 Å². The van der Waals surface area contributed by atoms with Crippen LogP contribution in [0.2, 0.25) is 0 Å². The zero-order valence-electron chi connectivity index (χ0n) is 12.4. The maximum absolute atomic E-state index is 12.8. The molecule has 1 aliphatic carbocycles. The molecular weight excluding hydrogens is 284 g/mol. The predicted octanol–water partition coefficient (Wildman–Crippen LogP) is 2.41. The van der Waals surface area contributed by atoms with Crippen LogP contribution < -0.4 is 0 Å². The first-order valence-electron chi connectivity index (χ1n) is 7.60. The Morgan fingerprint density at radius 2 is 1.91 bits per heavy atom. The smallest absolute Gasteiger partial charge is 0.269 e. The van der Waals surface area contributed by atoms with Gasteiger partial charge in [-0.3, -0.25) is 24.6 Å². The maximum Gasteiger partial charge on any atom is 0.269 e. The summed E-state index contributed by atoms with van der Waals surface area (Å²) >= 11 is 0. The van der Waals surface area contributed by atoms with Crippen molar-refractivity contribution in [2.75, 3.05) is 6.54 Å². The second-order valence-electron chi connectivity index (χ2n) is 6.14. The number of fused-ring (bicyclic) bond motifs is 2. The summed E-state index contributed by atoms with van der Waals surface area (Å²) in [7, 11) is 0. The largest absolute Gasteiger partial charge is 0.282 e. The maximum atomic E-state index is 12.8. The van der Waals surface area contributed by atoms with Gasteiger partial charge in [0.25, 0.3) is 5.69 Å². The summed E-state index contributed by atoms with van der Waals surface area (Å²) in [6.45, 7) is 2.49. The number of nitrogens with zero attached hydrogens (tertiary/aromatic N) is 2. The van der Waals surface area contributed by atoms with E-state index >= 15 is 0 Å². The van der Waals surface area contributed by atoms with Crippen LogP contribution in [0, 0.1) is 16.0 Å². The molecule has 1 saturated carbocycles. The number of nitro groups is 1. The number of hydrogen-bond donors (Lipinski definition) is 0. The van der Waals surface area contributed by atoms with Crippen molar-refractivity contribution in [3.63, 3.8) is 0 Å². The fourth-order valence-corrected chi connectivity index (χ4v) is 3.50. The van der Waals surface area contributed by atoms with Gasteiger partial charge in [0.15, 0.2) is 0 Å². The number of unbranched alkanes of at least 4 members (excludes halogenated alkanes) is 1. The van der Waals surface area contributed by atoms with Crippen molar-refractivity contribution in [3.8, 4) is 0 Å². The average Bonchev–Trinajstić information content (AvgIpc) is 2.46. The number of carbonyl (C=O) groups is 2. The molecule has 1 aromatic rings. The molecule has 0 atom stereocenters. The molecule has 116 valence electrons. The van der Waals surface area contributed by atoms with Crippen LogP contribution in [-0.2, 0) is 15.0 Å². The molecule has 3 aliphatic rings. The molecule has 4 rings (SSSR count). The van der Waals surface area contributed by atoms with Crippen LogP contribution in [0.15, 0.2) is 24.3 Å². The highest BCUT2D eigenvalue weighted by Gasteiger charge is 2.61. The molecule has 2 saturated heterocycles. The molecular formula is C16H18N2O4. The van der Waals surface area contributed by atoms with Gasteiger partial charge in [-0.05, 0) is 24.8 Å². The number of hydrogen-bond acceptors (Lipinski definition) is 4. The molecule has 0 N–H and O–H groups in total. The number of benzene rings is 1. The molecule has 2 aliphatic heterocycles. The summed E-state index contributed by atoms with van der Waals surface area (Å²) in [5, 5.41) is 10.7. The van der Waals surface area contributed by atoms with Gasteiger partial charge in [-0.25, -0.2) is 0 Å². The fourth-order valence-electron chi connectivity index (χ4n) is 3.50. The Hall–Kier alpha value is -2.24. The molecule has 2 bridgehead atoms. The van der Waals surface area contributed by atoms with Crippen molar-refractivity contribution in [1.82, 2.24) is 4.90 Å². The predicted molar refractivity (Wildman–Crippen MR) is 79.1 cm³/mol. The fraction of sp³-hybridized carbons (Fsp3) is 0.500. The van der Waals surface area contributed by atoms with Crippen LogP contribution >= 0.6 is 0 Å². The summed E-state index contributed by atoms with van der Waals surface area (Å²) in [4.78, 5) is 36.7. The van der Waals surface area contributed by atoms with E-state index in [-0.39, 0.29) is 23.4 Å². The standard InChI is InChI=1S/C16H18N2O4/c1-2-3-8-17-14(19)11-9-16(10-11,15(17)20)12-4-6-13(7-5-12)18(21)22/h4-7,11H,2-3,8-10H2,1H3. The summed E-state index contributed by atoms with van der Waals surface area (Å²) in [6, 6.07) is 6.16. The summed E-state index contributed by atoms with van der Waals surface area (Å²) < 4.78 is 0. The number of non-ortho nitro benzene ring substituents is 1. The minimum atomic E-state index is -0.651. The lowest BCUT2D eigenvalue weighted by Gasteiger charge is -2.53. The Bertz CT molecular complexity index is 632. The van der Waals surface area contributed by atoms with Gasteiger partial charge in [0.05, 0.1) is 10.3 Å². The third-order valence-electron chi connectivity index (χ3n) is 4.83. The molecule has 6 nitrogen and oxygen atoms in total. The highest BCUT2D eigenvalue weighted by molar-refractivity contribution is 6.07. The van der Waals surface area contributed by atoms with Gasteiger partial charge in [0.2, 0.25) is 11.8 Å². The van der Waals surface area contributed by atoms with E-state index in [0.29, 0.717) is 19.4 Å². The molecule has 3 fully saturated rings. The van der Waals surface area contributed by atoms with Crippen LogP contribution in [0.25, 0.3) is 0 Å². The van der Waals surface area contributed by atoms with Crippen molar-refractivity contribution in [3.05, 3.63) is 39.9 Å². The van der Waals surface area contributed by atoms with E-state index in [1.54, 1.807) is 12.1 Å². The highest BCUT2D eigenvalue weighted by Crippen LogP contribution is 2.53. The molecule has 0 spiro atoms. The zero-order valence-corrected chi connectivity index (χ0v) is 12.4. The minimum absolute atomic E-state index is 0.0122. The number of rotatable bonds is 5. The number of nitro benzene ring substituents is 1. The Balaban J connectivity index is 1.88. The van der Waals surface area contributed by atoms with Gasteiger partial charge in [0.1, 0.15) is 0 Å². The number of carbonyl (C=O) groups excluding carboxylic acids is 2. The summed E-state index contributed by atoms with van der Waals surface area (Å²) in [5.41, 5.74) is 0.146. The summed E-state index contributed by atoms with van der Waals surface area (Å²) in [5.74, 6) is -0.269. The molecule has 22 heavy (non-hydrogen) atoms. The lowest BCUT2D eigenvalue weighted by Crippen LogP contribution is -2.65. The van der Waals surface area contributed by atoms with Crippen LogP contribution in [0.1, 0.15) is 38.2 Å². The van der Waals surface area contributed by atoms with E-state index in [1.165, 1.54) is 17.0 Å². The van der Waals surface area contributed by atoms with Gasteiger partial charge >= 0.3 is 0 Å². The van der Waals surface area contributed by atoms with Crippen LogP contribution in [-0.4, -0.2) is 28.2 Å². The second-order valence-corrected chi connectivity index (χ2v) is 6.14. The first kappa shape index (κ1) is 14.7. The number of piperidine rings is 2. The zero-order chi connectivity index (χ0) is 15.9. The SMILES string of the molecule is CCCCN1C(=O)C2CC(c3ccc([N+](=O)[O-])cc3)(C2)C1=O. The highest BCUT2D eigenvalue weighted by atomic mass is 16.6. The van der Waals surface area contributed by atoms with Crippen LogP contribution in [0.4, 0.5) is 5.69 Å². The van der Waals surface area contributed by atoms with E-state index < -0.39 is 10.3 Å². The Morgan fingerprint density at radius 1 is 1.27 bits per heavy atom. The summed E-state index contributed by atoms with van der Waals surface area (Å²) in [6.07, 6.45) is 2.79. The Morgan fingerprint density at radius 3 is 2.45 bits per heavy atom. The van der Waals surface area contributed by atoms with E-state index in [9.17, 15) is 19.7 Å². The third-order valence-corrected chi connectivity index (χ3v) is 4.83. The van der Waals surface area contributed by atoms with Crippen molar-refractivity contribution in [2.24, 2.45) is 5.92 Å². The Kier molecular flexibility index (Phi) is 3.47. The molecule has 0 aromatic heterocycles. The van der Waals surface area contributed by atoms with Gasteiger partial charge in [-0.1, -0.05) is 25.5 Å². The van der Waals surface area contributed by atoms with E-state index in [1.807, 2.05) is 6.92 Å². The number of imide groups is 1. The van der Waals surface area contributed by atoms with E-state index in [0.717, 1.165) is 18.4 Å². The van der Waals surface area contributed by atoms with Crippen molar-refractivity contribution < 1.29 is 14.5 Å². The Labute approximate surface area is 128 Å². The number of amides is 2. The molecule has 6 heteroatoms. The second kappa shape index (κ2) is 5.19. The van der Waals surface area contributed by atoms with Crippen molar-refractivity contribution >= 4 is 17.5 Å². The monoisotopic (exact) mass is 302 g/mol. The lowest BCUT2D eigenvalue weighted by molar-refractivity contribution is -0.384. The molecule has 2 amide bonds. The van der Waals surface area contributed by atoms with Crippen molar-refractivity contribution in [2.45, 2.75) is 38.0 Å².